The van der Waals surface area contributed by atoms with Crippen molar-refractivity contribution in [2.24, 2.45) is 5.92 Å². The van der Waals surface area contributed by atoms with E-state index in [0.717, 1.165) is 11.1 Å². The zero-order chi connectivity index (χ0) is 12.1. The number of hydrogen-bond acceptors (Lipinski definition) is 1. The molecule has 1 aromatic rings. The molecule has 0 radical (unpaired) electrons. The molecular weight excluding hydrogens is 215 g/mol. The average Bonchev–Trinajstić information content (AvgIpc) is 2.38. The van der Waals surface area contributed by atoms with E-state index in [4.69, 9.17) is 0 Å². The van der Waals surface area contributed by atoms with Gasteiger partial charge in [0.25, 0.3) is 0 Å². The lowest BCUT2D eigenvalue weighted by atomic mass is 9.87. The van der Waals surface area contributed by atoms with Crippen LogP contribution in [0.1, 0.15) is 37.7 Å². The van der Waals surface area contributed by atoms with E-state index >= 15 is 0 Å². The van der Waals surface area contributed by atoms with Crippen LogP contribution in [0.3, 0.4) is 0 Å². The summed E-state index contributed by atoms with van der Waals surface area (Å²) in [6.45, 7) is 0.0299. The van der Waals surface area contributed by atoms with Crippen molar-refractivity contribution in [3.63, 3.8) is 0 Å². The van der Waals surface area contributed by atoms with Crippen molar-refractivity contribution >= 4 is 5.57 Å². The molecule has 2 heteroatoms. The van der Waals surface area contributed by atoms with Crippen LogP contribution in [0.2, 0.25) is 0 Å². The van der Waals surface area contributed by atoms with Crippen molar-refractivity contribution < 1.29 is 9.50 Å². The minimum atomic E-state index is -0.233. The van der Waals surface area contributed by atoms with E-state index < -0.39 is 0 Å². The van der Waals surface area contributed by atoms with E-state index in [2.05, 4.69) is 6.08 Å². The van der Waals surface area contributed by atoms with Gasteiger partial charge in [-0.3, -0.25) is 0 Å². The second-order valence-corrected chi connectivity index (χ2v) is 4.76. The second kappa shape index (κ2) is 5.97. The number of halogens is 1. The fraction of sp³-hybridized carbons (Fsp3) is 0.467. The van der Waals surface area contributed by atoms with Gasteiger partial charge in [0.1, 0.15) is 5.82 Å². The van der Waals surface area contributed by atoms with Gasteiger partial charge in [-0.25, -0.2) is 4.39 Å². The predicted octanol–water partition coefficient (Wildman–Crippen LogP) is 3.78. The van der Waals surface area contributed by atoms with Crippen LogP contribution in [0.15, 0.2) is 30.3 Å². The Morgan fingerprint density at radius 3 is 2.41 bits per heavy atom. The maximum Gasteiger partial charge on any atom is 0.123 e. The first-order chi connectivity index (χ1) is 8.29. The number of rotatable bonds is 3. The standard InChI is InChI=1S/C15H19FO/c16-15-8-6-13(7-9-15)14(11-17)10-12-4-2-1-3-5-12/h6-10,12,17H,1-5,11H2/b14-10-. The van der Waals surface area contributed by atoms with Gasteiger partial charge in [-0.2, -0.15) is 0 Å². The van der Waals surface area contributed by atoms with Crippen LogP contribution < -0.4 is 0 Å². The highest BCUT2D eigenvalue weighted by Gasteiger charge is 2.12. The maximum atomic E-state index is 12.8. The lowest BCUT2D eigenvalue weighted by molar-refractivity contribution is 0.347. The summed E-state index contributed by atoms with van der Waals surface area (Å²) >= 11 is 0. The zero-order valence-electron chi connectivity index (χ0n) is 10.0. The Kier molecular flexibility index (Phi) is 4.32. The molecule has 1 aliphatic carbocycles. The highest BCUT2D eigenvalue weighted by molar-refractivity contribution is 5.66. The van der Waals surface area contributed by atoms with Gasteiger partial charge >= 0.3 is 0 Å². The molecule has 1 aromatic carbocycles. The van der Waals surface area contributed by atoms with Gasteiger partial charge in [0.05, 0.1) is 6.61 Å². The van der Waals surface area contributed by atoms with Crippen LogP contribution >= 0.6 is 0 Å². The predicted molar refractivity (Wildman–Crippen MR) is 68.0 cm³/mol. The molecule has 0 saturated heterocycles. The van der Waals surface area contributed by atoms with Crippen LogP contribution in [-0.2, 0) is 0 Å². The summed E-state index contributed by atoms with van der Waals surface area (Å²) < 4.78 is 12.8. The van der Waals surface area contributed by atoms with Crippen molar-refractivity contribution in [1.82, 2.24) is 0 Å². The molecule has 1 aliphatic rings. The summed E-state index contributed by atoms with van der Waals surface area (Å²) in [6, 6.07) is 6.36. The number of aliphatic hydroxyl groups is 1. The first kappa shape index (κ1) is 12.3. The second-order valence-electron chi connectivity index (χ2n) is 4.76. The highest BCUT2D eigenvalue weighted by atomic mass is 19.1. The van der Waals surface area contributed by atoms with Gasteiger partial charge in [-0.15, -0.1) is 0 Å². The summed E-state index contributed by atoms with van der Waals surface area (Å²) in [4.78, 5) is 0. The molecule has 0 amide bonds. The molecule has 1 nitrogen and oxygen atoms in total. The average molecular weight is 234 g/mol. The maximum absolute atomic E-state index is 12.8. The van der Waals surface area contributed by atoms with Gasteiger partial charge in [-0.1, -0.05) is 37.5 Å². The van der Waals surface area contributed by atoms with Gasteiger partial charge in [0.15, 0.2) is 0 Å². The van der Waals surface area contributed by atoms with Gasteiger partial charge in [0.2, 0.25) is 0 Å². The molecular formula is C15H19FO. The summed E-state index contributed by atoms with van der Waals surface area (Å²) in [5.74, 6) is 0.347. The summed E-state index contributed by atoms with van der Waals surface area (Å²) in [7, 11) is 0. The minimum Gasteiger partial charge on any atom is -0.392 e. The first-order valence-corrected chi connectivity index (χ1v) is 6.37. The lowest BCUT2D eigenvalue weighted by Gasteiger charge is -2.19. The van der Waals surface area contributed by atoms with E-state index in [9.17, 15) is 9.50 Å². The third-order valence-electron chi connectivity index (χ3n) is 3.47. The van der Waals surface area contributed by atoms with Crippen molar-refractivity contribution in [1.29, 1.82) is 0 Å². The molecule has 17 heavy (non-hydrogen) atoms. The van der Waals surface area contributed by atoms with Crippen LogP contribution in [0.4, 0.5) is 4.39 Å². The van der Waals surface area contributed by atoms with Crippen molar-refractivity contribution in [3.8, 4) is 0 Å². The number of allylic oxidation sites excluding steroid dienone is 1. The number of benzene rings is 1. The lowest BCUT2D eigenvalue weighted by Crippen LogP contribution is -2.05. The minimum absolute atomic E-state index is 0.0299. The van der Waals surface area contributed by atoms with Crippen LogP contribution in [0.25, 0.3) is 5.57 Å². The Balaban J connectivity index is 2.14. The molecule has 0 aromatic heterocycles. The van der Waals surface area contributed by atoms with E-state index in [-0.39, 0.29) is 12.4 Å². The van der Waals surface area contributed by atoms with Gasteiger partial charge < -0.3 is 5.11 Å². The van der Waals surface area contributed by atoms with Crippen molar-refractivity contribution in [2.75, 3.05) is 6.61 Å². The molecule has 1 N–H and O–H groups in total. The molecule has 0 atom stereocenters. The highest BCUT2D eigenvalue weighted by Crippen LogP contribution is 2.27. The SMILES string of the molecule is OC/C(=C/C1CCCCC1)c1ccc(F)cc1. The van der Waals surface area contributed by atoms with E-state index in [1.165, 1.54) is 44.2 Å². The molecule has 0 unspecified atom stereocenters. The fourth-order valence-corrected chi connectivity index (χ4v) is 2.49. The molecule has 2 rings (SSSR count). The van der Waals surface area contributed by atoms with Gasteiger partial charge in [-0.05, 0) is 42.0 Å². The topological polar surface area (TPSA) is 20.2 Å². The van der Waals surface area contributed by atoms with Gasteiger partial charge in [0, 0.05) is 0 Å². The number of aliphatic hydroxyl groups excluding tert-OH is 1. The number of hydrogen-bond donors (Lipinski definition) is 1. The molecule has 1 saturated carbocycles. The van der Waals surface area contributed by atoms with E-state index in [1.807, 2.05) is 0 Å². The Hall–Kier alpha value is -1.15. The largest absolute Gasteiger partial charge is 0.392 e. The van der Waals surface area contributed by atoms with Crippen molar-refractivity contribution in [2.45, 2.75) is 32.1 Å². The summed E-state index contributed by atoms with van der Waals surface area (Å²) in [6.07, 6.45) is 8.49. The molecule has 0 heterocycles. The third kappa shape index (κ3) is 3.40. The summed E-state index contributed by atoms with van der Waals surface area (Å²) in [5.41, 5.74) is 1.86. The monoisotopic (exact) mass is 234 g/mol. The Labute approximate surface area is 102 Å². The Morgan fingerprint density at radius 1 is 1.18 bits per heavy atom. The van der Waals surface area contributed by atoms with Crippen LogP contribution in [-0.4, -0.2) is 11.7 Å². The van der Waals surface area contributed by atoms with E-state index in [1.54, 1.807) is 12.1 Å². The third-order valence-corrected chi connectivity index (χ3v) is 3.47. The smallest absolute Gasteiger partial charge is 0.123 e. The normalized spacial score (nSPS) is 18.4. The Morgan fingerprint density at radius 2 is 1.82 bits per heavy atom. The molecule has 0 aliphatic heterocycles. The van der Waals surface area contributed by atoms with Crippen LogP contribution in [0, 0.1) is 11.7 Å². The summed E-state index contributed by atoms with van der Waals surface area (Å²) in [5, 5.41) is 9.42. The van der Waals surface area contributed by atoms with E-state index in [0.29, 0.717) is 5.92 Å². The fourth-order valence-electron chi connectivity index (χ4n) is 2.49. The first-order valence-electron chi connectivity index (χ1n) is 6.37. The quantitative estimate of drug-likeness (QED) is 0.843. The van der Waals surface area contributed by atoms with Crippen LogP contribution in [0.5, 0.6) is 0 Å². The molecule has 1 fully saturated rings. The zero-order valence-corrected chi connectivity index (χ0v) is 10.0. The van der Waals surface area contributed by atoms with Crippen molar-refractivity contribution in [3.05, 3.63) is 41.7 Å². The Bertz CT molecular complexity index is 374. The molecule has 92 valence electrons. The molecule has 0 spiro atoms. The molecule has 0 bridgehead atoms.